The van der Waals surface area contributed by atoms with Crippen molar-refractivity contribution in [2.24, 2.45) is 5.92 Å². The summed E-state index contributed by atoms with van der Waals surface area (Å²) in [5.41, 5.74) is 3.88. The Morgan fingerprint density at radius 2 is 1.87 bits per heavy atom. The van der Waals surface area contributed by atoms with Gasteiger partial charge in [-0.1, -0.05) is 44.5 Å². The summed E-state index contributed by atoms with van der Waals surface area (Å²) in [6.45, 7) is 22.4. The van der Waals surface area contributed by atoms with Crippen molar-refractivity contribution < 1.29 is 28.2 Å². The maximum Gasteiger partial charge on any atom is 0.293 e. The minimum absolute atomic E-state index is 0.0605. The first-order chi connectivity index (χ1) is 25.9. The Balaban J connectivity index is 0.000000650. The molecule has 54 heavy (non-hydrogen) atoms. The Hall–Kier alpha value is -4.35. The van der Waals surface area contributed by atoms with E-state index in [2.05, 4.69) is 28.5 Å². The van der Waals surface area contributed by atoms with Gasteiger partial charge in [0.15, 0.2) is 17.3 Å². The second-order valence-corrected chi connectivity index (χ2v) is 15.0. The summed E-state index contributed by atoms with van der Waals surface area (Å²) >= 11 is 6.11. The Bertz CT molecular complexity index is 1840. The summed E-state index contributed by atoms with van der Waals surface area (Å²) in [6.07, 6.45) is 4.88. The van der Waals surface area contributed by atoms with Crippen molar-refractivity contribution in [3.63, 3.8) is 0 Å². The average Bonchev–Trinajstić information content (AvgIpc) is 3.76. The van der Waals surface area contributed by atoms with Crippen LogP contribution in [0.3, 0.4) is 0 Å². The quantitative estimate of drug-likeness (QED) is 0.0803. The average molecular weight is 764 g/mol. The Labute approximate surface area is 325 Å². The van der Waals surface area contributed by atoms with Gasteiger partial charge in [0.05, 0.1) is 13.2 Å². The molecule has 11 nitrogen and oxygen atoms in total. The number of aromatic nitrogens is 2. The number of hydrogen-bond acceptors (Lipinski definition) is 10. The van der Waals surface area contributed by atoms with Crippen LogP contribution in [-0.4, -0.2) is 78.3 Å². The van der Waals surface area contributed by atoms with Crippen LogP contribution in [0.2, 0.25) is 5.02 Å². The number of aryl methyl sites for hydroxylation is 1. The van der Waals surface area contributed by atoms with Crippen LogP contribution in [0.5, 0.6) is 0 Å². The molecule has 2 aromatic heterocycles. The van der Waals surface area contributed by atoms with Crippen LogP contribution in [0.25, 0.3) is 22.1 Å². The highest BCUT2D eigenvalue weighted by molar-refractivity contribution is 6.30. The van der Waals surface area contributed by atoms with E-state index in [1.807, 2.05) is 88.9 Å². The SMILES string of the molecule is C=C(Nc1ccc(Cl)cc1C)O[C@H]1CCN(c2nc(CCOCCCC(=O)N3CCCC(C)C3)nc3c2oc2ccccc23)C1.CC.CC(C)(C)OC=O. The second-order valence-electron chi connectivity index (χ2n) is 14.6. The van der Waals surface area contributed by atoms with Crippen molar-refractivity contribution in [2.45, 2.75) is 98.7 Å². The summed E-state index contributed by atoms with van der Waals surface area (Å²) in [5, 5.41) is 4.92. The van der Waals surface area contributed by atoms with E-state index < -0.39 is 0 Å². The van der Waals surface area contributed by atoms with E-state index in [9.17, 15) is 9.59 Å². The van der Waals surface area contributed by atoms with Crippen molar-refractivity contribution >= 4 is 57.6 Å². The number of piperidine rings is 1. The van der Waals surface area contributed by atoms with E-state index in [1.54, 1.807) is 0 Å². The molecule has 2 aromatic carbocycles. The molecule has 2 fully saturated rings. The number of amides is 1. The number of ether oxygens (including phenoxy) is 3. The molecule has 6 rings (SSSR count). The van der Waals surface area contributed by atoms with Crippen molar-refractivity contribution in [3.05, 3.63) is 71.3 Å². The lowest BCUT2D eigenvalue weighted by atomic mass is 10.00. The highest BCUT2D eigenvalue weighted by atomic mass is 35.5. The Morgan fingerprint density at radius 3 is 2.57 bits per heavy atom. The number of anilines is 2. The molecule has 2 atom stereocenters. The molecule has 0 bridgehead atoms. The number of likely N-dealkylation sites (tertiary alicyclic amines) is 1. The third kappa shape index (κ3) is 12.3. The second kappa shape index (κ2) is 20.4. The van der Waals surface area contributed by atoms with Gasteiger partial charge >= 0.3 is 0 Å². The van der Waals surface area contributed by atoms with Crippen LogP contribution < -0.4 is 10.2 Å². The van der Waals surface area contributed by atoms with E-state index >= 15 is 0 Å². The maximum atomic E-state index is 12.6. The van der Waals surface area contributed by atoms with Gasteiger partial charge in [-0.15, -0.1) is 0 Å². The summed E-state index contributed by atoms with van der Waals surface area (Å²) in [4.78, 5) is 36.3. The van der Waals surface area contributed by atoms with Crippen LogP contribution in [0, 0.1) is 12.8 Å². The third-order valence-corrected chi connectivity index (χ3v) is 9.26. The first kappa shape index (κ1) is 42.4. The number of hydrogen-bond donors (Lipinski definition) is 1. The van der Waals surface area contributed by atoms with Gasteiger partial charge < -0.3 is 33.7 Å². The normalized spacial score (nSPS) is 17.0. The van der Waals surface area contributed by atoms with Gasteiger partial charge in [-0.3, -0.25) is 9.59 Å². The predicted octanol–water partition coefficient (Wildman–Crippen LogP) is 9.10. The largest absolute Gasteiger partial charge is 0.474 e. The molecule has 294 valence electrons. The highest BCUT2D eigenvalue weighted by Crippen LogP contribution is 2.35. The Kier molecular flexibility index (Phi) is 16.0. The molecule has 0 saturated carbocycles. The van der Waals surface area contributed by atoms with Crippen LogP contribution >= 0.6 is 11.6 Å². The first-order valence-corrected chi connectivity index (χ1v) is 19.6. The molecule has 0 radical (unpaired) electrons. The predicted molar refractivity (Wildman–Crippen MR) is 217 cm³/mol. The lowest BCUT2D eigenvalue weighted by Crippen LogP contribution is -2.39. The third-order valence-electron chi connectivity index (χ3n) is 9.02. The molecule has 2 saturated heterocycles. The molecule has 0 spiro atoms. The van der Waals surface area contributed by atoms with Gasteiger partial charge in [-0.2, -0.15) is 0 Å². The van der Waals surface area contributed by atoms with Crippen molar-refractivity contribution in [2.75, 3.05) is 49.6 Å². The number of carbonyl (C=O) groups excluding carboxylic acids is 2. The van der Waals surface area contributed by atoms with E-state index in [0.29, 0.717) is 73.7 Å². The zero-order valence-electron chi connectivity index (χ0n) is 33.1. The molecule has 4 aromatic rings. The van der Waals surface area contributed by atoms with E-state index in [1.165, 1.54) is 6.42 Å². The number of halogens is 1. The number of benzene rings is 2. The van der Waals surface area contributed by atoms with Crippen LogP contribution in [0.1, 0.15) is 85.0 Å². The van der Waals surface area contributed by atoms with Gasteiger partial charge in [0, 0.05) is 61.6 Å². The molecule has 4 heterocycles. The van der Waals surface area contributed by atoms with E-state index in [4.69, 9.17) is 35.5 Å². The van der Waals surface area contributed by atoms with Gasteiger partial charge in [0.2, 0.25) is 5.91 Å². The minimum Gasteiger partial charge on any atom is -0.474 e. The zero-order chi connectivity index (χ0) is 39.3. The van der Waals surface area contributed by atoms with Crippen molar-refractivity contribution in [1.82, 2.24) is 14.9 Å². The van der Waals surface area contributed by atoms with Gasteiger partial charge in [0.1, 0.15) is 28.6 Å². The molecule has 2 aliphatic heterocycles. The van der Waals surface area contributed by atoms with Crippen LogP contribution in [0.4, 0.5) is 11.5 Å². The number of para-hydroxylation sites is 1. The summed E-state index contributed by atoms with van der Waals surface area (Å²) < 4.78 is 23.0. The number of rotatable bonds is 13. The molecule has 1 N–H and O–H groups in total. The van der Waals surface area contributed by atoms with Crippen LogP contribution in [-0.2, 0) is 30.2 Å². The van der Waals surface area contributed by atoms with E-state index in [-0.39, 0.29) is 17.6 Å². The number of nitrogens with one attached hydrogen (secondary N) is 1. The monoisotopic (exact) mass is 763 g/mol. The highest BCUT2D eigenvalue weighted by Gasteiger charge is 2.29. The van der Waals surface area contributed by atoms with Gasteiger partial charge in [-0.25, -0.2) is 9.97 Å². The molecule has 1 amide bonds. The standard InChI is InChI=1S/C35H42ClN5O4.C5H10O2.C2H6/c1-23-8-6-16-40(21-23)32(42)11-7-18-43-19-15-31-38-33-28-9-4-5-10-30(28)45-34(33)35(39-31)41-17-14-27(22-41)44-25(3)37-29-13-12-26(36)20-24(29)2;1-5(2,3)7-4-6;1-2/h4-5,9-10,12-13,20,23,27,37H,3,6-8,11,14-19,21-22H2,1-2H3;4H,1-3H3;1-2H3/t23?,27-;;/m0../s1. The zero-order valence-corrected chi connectivity index (χ0v) is 33.8. The minimum atomic E-state index is -0.318. The molecular weight excluding hydrogens is 706 g/mol. The smallest absolute Gasteiger partial charge is 0.293 e. The number of carbonyl (C=O) groups is 2. The topological polar surface area (TPSA) is 119 Å². The fraction of sp³-hybridized carbons (Fsp3) is 0.524. The lowest BCUT2D eigenvalue weighted by Gasteiger charge is -2.31. The molecule has 0 aliphatic carbocycles. The summed E-state index contributed by atoms with van der Waals surface area (Å²) in [5.74, 6) is 2.80. The number of fused-ring (bicyclic) bond motifs is 3. The maximum absolute atomic E-state index is 12.6. The summed E-state index contributed by atoms with van der Waals surface area (Å²) in [7, 11) is 0. The number of nitrogens with zero attached hydrogens (tertiary/aromatic N) is 4. The molecule has 2 aliphatic rings. The summed E-state index contributed by atoms with van der Waals surface area (Å²) in [6, 6.07) is 13.6. The van der Waals surface area contributed by atoms with Crippen LogP contribution in [0.15, 0.2) is 59.3 Å². The first-order valence-electron chi connectivity index (χ1n) is 19.2. The van der Waals surface area contributed by atoms with Crippen molar-refractivity contribution in [1.29, 1.82) is 0 Å². The van der Waals surface area contributed by atoms with E-state index in [0.717, 1.165) is 66.0 Å². The molecule has 12 heteroatoms. The number of furan rings is 1. The molecule has 1 unspecified atom stereocenters. The Morgan fingerprint density at radius 1 is 1.09 bits per heavy atom. The van der Waals surface area contributed by atoms with Gasteiger partial charge in [0.25, 0.3) is 6.47 Å². The van der Waals surface area contributed by atoms with Crippen molar-refractivity contribution in [3.8, 4) is 0 Å². The lowest BCUT2D eigenvalue weighted by molar-refractivity contribution is -0.138. The fourth-order valence-corrected chi connectivity index (χ4v) is 6.65. The molecular formula is C42H58ClN5O6. The fourth-order valence-electron chi connectivity index (χ4n) is 6.42. The van der Waals surface area contributed by atoms with Gasteiger partial charge in [-0.05, 0) is 95.3 Å².